The summed E-state index contributed by atoms with van der Waals surface area (Å²) in [7, 11) is 1.37. The van der Waals surface area contributed by atoms with Crippen molar-refractivity contribution in [1.82, 2.24) is 9.88 Å². The molecule has 0 amide bonds. The van der Waals surface area contributed by atoms with Gasteiger partial charge < -0.3 is 15.0 Å². The Labute approximate surface area is 118 Å². The summed E-state index contributed by atoms with van der Waals surface area (Å²) in [5.41, 5.74) is 0.377. The first-order valence-corrected chi connectivity index (χ1v) is 7.57. The van der Waals surface area contributed by atoms with Crippen LogP contribution in [0.2, 0.25) is 0 Å². The number of aromatic nitrogens is 1. The lowest BCUT2D eigenvalue weighted by Gasteiger charge is -2.20. The molecule has 0 saturated carbocycles. The second kappa shape index (κ2) is 6.86. The molecule has 2 heterocycles. The number of rotatable bonds is 6. The van der Waals surface area contributed by atoms with Crippen molar-refractivity contribution in [3.05, 3.63) is 11.1 Å². The molecule has 1 aliphatic rings. The molecule has 0 bridgehead atoms. The van der Waals surface area contributed by atoms with E-state index in [0.29, 0.717) is 11.6 Å². The van der Waals surface area contributed by atoms with Gasteiger partial charge in [-0.1, -0.05) is 6.92 Å². The highest BCUT2D eigenvalue weighted by Gasteiger charge is 2.15. The minimum absolute atomic E-state index is 0.377. The van der Waals surface area contributed by atoms with Gasteiger partial charge in [-0.05, 0) is 31.8 Å². The van der Waals surface area contributed by atoms with Crippen molar-refractivity contribution in [3.8, 4) is 0 Å². The molecule has 1 fully saturated rings. The minimum atomic E-state index is -0.380. The lowest BCUT2D eigenvalue weighted by Crippen LogP contribution is -2.28. The second-order valence-electron chi connectivity index (χ2n) is 5.02. The Hall–Kier alpha value is -1.14. The van der Waals surface area contributed by atoms with Gasteiger partial charge in [0.1, 0.15) is 0 Å². The zero-order chi connectivity index (χ0) is 13.7. The second-order valence-corrected chi connectivity index (χ2v) is 5.88. The average Bonchev–Trinajstić information content (AvgIpc) is 3.06. The molecule has 6 heteroatoms. The van der Waals surface area contributed by atoms with Gasteiger partial charge >= 0.3 is 5.97 Å². The third-order valence-corrected chi connectivity index (χ3v) is 4.07. The first-order valence-electron chi connectivity index (χ1n) is 6.69. The Morgan fingerprint density at radius 1 is 1.58 bits per heavy atom. The van der Waals surface area contributed by atoms with Crippen molar-refractivity contribution < 1.29 is 9.53 Å². The van der Waals surface area contributed by atoms with Gasteiger partial charge in [0.15, 0.2) is 10.8 Å². The van der Waals surface area contributed by atoms with Crippen LogP contribution < -0.4 is 5.32 Å². The van der Waals surface area contributed by atoms with Crippen LogP contribution in [0.25, 0.3) is 0 Å². The third kappa shape index (κ3) is 4.18. The number of hydrogen-bond donors (Lipinski definition) is 1. The molecule has 106 valence electrons. The quantitative estimate of drug-likeness (QED) is 0.810. The molecule has 0 aliphatic carbocycles. The van der Waals surface area contributed by atoms with Crippen molar-refractivity contribution >= 4 is 22.4 Å². The summed E-state index contributed by atoms with van der Waals surface area (Å²) in [6.07, 6.45) is 2.66. The van der Waals surface area contributed by atoms with E-state index >= 15 is 0 Å². The predicted octanol–water partition coefficient (Wildman–Crippen LogP) is 2.07. The maximum absolute atomic E-state index is 11.3. The van der Waals surface area contributed by atoms with Crippen molar-refractivity contribution in [2.45, 2.75) is 19.8 Å². The molecule has 1 atom stereocenters. The van der Waals surface area contributed by atoms with Crippen molar-refractivity contribution in [1.29, 1.82) is 0 Å². The Balaban J connectivity index is 1.74. The van der Waals surface area contributed by atoms with Crippen molar-refractivity contribution in [3.63, 3.8) is 0 Å². The molecular formula is C13H21N3O2S. The molecule has 1 saturated heterocycles. The van der Waals surface area contributed by atoms with Gasteiger partial charge in [0.2, 0.25) is 0 Å². The first-order chi connectivity index (χ1) is 9.19. The molecule has 1 N–H and O–H groups in total. The van der Waals surface area contributed by atoms with E-state index in [9.17, 15) is 4.79 Å². The molecule has 0 spiro atoms. The number of nitrogens with zero attached hydrogens (tertiary/aromatic N) is 2. The minimum Gasteiger partial charge on any atom is -0.464 e. The molecule has 1 aliphatic heterocycles. The van der Waals surface area contributed by atoms with E-state index in [1.807, 2.05) is 0 Å². The lowest BCUT2D eigenvalue weighted by atomic mass is 10.2. The highest BCUT2D eigenvalue weighted by molar-refractivity contribution is 7.13. The maximum Gasteiger partial charge on any atom is 0.357 e. The standard InChI is InChI=1S/C13H21N3O2S/c1-10(8-16-5-3-4-6-16)7-14-13-15-11(9-19-13)12(17)18-2/h9-10H,3-8H2,1-2H3,(H,14,15). The number of hydrogen-bond acceptors (Lipinski definition) is 6. The van der Waals surface area contributed by atoms with Crippen LogP contribution >= 0.6 is 11.3 Å². The maximum atomic E-state index is 11.3. The summed E-state index contributed by atoms with van der Waals surface area (Å²) in [6, 6.07) is 0. The number of methoxy groups -OCH3 is 1. The SMILES string of the molecule is COC(=O)c1csc(NCC(C)CN2CCCC2)n1. The van der Waals surface area contributed by atoms with Crippen LogP contribution in [0.5, 0.6) is 0 Å². The van der Waals surface area contributed by atoms with Gasteiger partial charge in [-0.3, -0.25) is 0 Å². The van der Waals surface area contributed by atoms with Gasteiger partial charge in [-0.25, -0.2) is 9.78 Å². The van der Waals surface area contributed by atoms with E-state index in [0.717, 1.165) is 18.2 Å². The van der Waals surface area contributed by atoms with Crippen LogP contribution in [0.1, 0.15) is 30.3 Å². The number of anilines is 1. The molecular weight excluding hydrogens is 262 g/mol. The smallest absolute Gasteiger partial charge is 0.357 e. The van der Waals surface area contributed by atoms with Gasteiger partial charge in [0.05, 0.1) is 7.11 Å². The lowest BCUT2D eigenvalue weighted by molar-refractivity contribution is 0.0595. The summed E-state index contributed by atoms with van der Waals surface area (Å²) in [4.78, 5) is 18.0. The molecule has 2 rings (SSSR count). The summed E-state index contributed by atoms with van der Waals surface area (Å²) in [6.45, 7) is 6.70. The fourth-order valence-corrected chi connectivity index (χ4v) is 2.98. The molecule has 0 aromatic carbocycles. The highest BCUT2D eigenvalue weighted by atomic mass is 32.1. The van der Waals surface area contributed by atoms with Gasteiger partial charge in [0.25, 0.3) is 0 Å². The van der Waals surface area contributed by atoms with E-state index in [-0.39, 0.29) is 5.97 Å². The van der Waals surface area contributed by atoms with Crippen LogP contribution in [-0.2, 0) is 4.74 Å². The average molecular weight is 283 g/mol. The van der Waals surface area contributed by atoms with E-state index in [1.54, 1.807) is 5.38 Å². The van der Waals surface area contributed by atoms with Crippen molar-refractivity contribution in [2.24, 2.45) is 5.92 Å². The molecule has 1 aromatic heterocycles. The molecule has 1 aromatic rings. The number of likely N-dealkylation sites (tertiary alicyclic amines) is 1. The van der Waals surface area contributed by atoms with Crippen LogP contribution in [-0.4, -0.2) is 49.1 Å². The monoisotopic (exact) mass is 283 g/mol. The molecule has 0 radical (unpaired) electrons. The number of carbonyl (C=O) groups excluding carboxylic acids is 1. The number of esters is 1. The summed E-state index contributed by atoms with van der Waals surface area (Å²) < 4.78 is 4.63. The van der Waals surface area contributed by atoms with E-state index in [1.165, 1.54) is 44.4 Å². The number of thiazole rings is 1. The largest absolute Gasteiger partial charge is 0.464 e. The number of carbonyl (C=O) groups is 1. The molecule has 1 unspecified atom stereocenters. The van der Waals surface area contributed by atoms with Gasteiger partial charge in [0, 0.05) is 18.5 Å². The zero-order valence-corrected chi connectivity index (χ0v) is 12.3. The number of ether oxygens (including phenoxy) is 1. The normalized spacial score (nSPS) is 17.4. The van der Waals surface area contributed by atoms with Crippen LogP contribution in [0.15, 0.2) is 5.38 Å². The topological polar surface area (TPSA) is 54.5 Å². The Morgan fingerprint density at radius 2 is 2.32 bits per heavy atom. The predicted molar refractivity (Wildman–Crippen MR) is 76.8 cm³/mol. The molecule has 19 heavy (non-hydrogen) atoms. The van der Waals surface area contributed by atoms with Gasteiger partial charge in [-0.15, -0.1) is 11.3 Å². The summed E-state index contributed by atoms with van der Waals surface area (Å²) >= 11 is 1.44. The first kappa shape index (κ1) is 14.3. The Kier molecular flexibility index (Phi) is 5.15. The number of nitrogens with one attached hydrogen (secondary N) is 1. The fourth-order valence-electron chi connectivity index (χ4n) is 2.29. The molecule has 5 nitrogen and oxygen atoms in total. The summed E-state index contributed by atoms with van der Waals surface area (Å²) in [5, 5.41) is 5.80. The van der Waals surface area contributed by atoms with Crippen LogP contribution in [0.3, 0.4) is 0 Å². The van der Waals surface area contributed by atoms with Crippen LogP contribution in [0.4, 0.5) is 5.13 Å². The fraction of sp³-hybridized carbons (Fsp3) is 0.692. The van der Waals surface area contributed by atoms with E-state index < -0.39 is 0 Å². The Morgan fingerprint density at radius 3 is 3.00 bits per heavy atom. The Bertz CT molecular complexity index is 416. The van der Waals surface area contributed by atoms with Crippen molar-refractivity contribution in [2.75, 3.05) is 38.6 Å². The third-order valence-electron chi connectivity index (χ3n) is 3.27. The van der Waals surface area contributed by atoms with Gasteiger partial charge in [-0.2, -0.15) is 0 Å². The zero-order valence-electron chi connectivity index (χ0n) is 11.5. The van der Waals surface area contributed by atoms with Crippen LogP contribution in [0, 0.1) is 5.92 Å². The highest BCUT2D eigenvalue weighted by Crippen LogP contribution is 2.17. The van der Waals surface area contributed by atoms with E-state index in [2.05, 4.69) is 26.9 Å². The van der Waals surface area contributed by atoms with E-state index in [4.69, 9.17) is 0 Å². The summed E-state index contributed by atoms with van der Waals surface area (Å²) in [5.74, 6) is 0.193.